The Morgan fingerprint density at radius 2 is 1.60 bits per heavy atom. The number of nitrogens with zero attached hydrogens (tertiary/aromatic N) is 2. The first-order chi connectivity index (χ1) is 19.1. The number of benzene rings is 3. The second-order valence-electron chi connectivity index (χ2n) is 9.75. The maximum Gasteiger partial charge on any atom is 0.264 e. The first kappa shape index (κ1) is 30.7. The van der Waals surface area contributed by atoms with Crippen LogP contribution in [0.2, 0.25) is 0 Å². The van der Waals surface area contributed by atoms with E-state index in [0.717, 1.165) is 27.4 Å². The summed E-state index contributed by atoms with van der Waals surface area (Å²) in [5.41, 5.74) is 3.19. The van der Waals surface area contributed by atoms with Crippen molar-refractivity contribution in [2.24, 2.45) is 0 Å². The molecule has 0 heterocycles. The molecule has 214 valence electrons. The fraction of sp³-hybridized carbons (Fsp3) is 0.355. The van der Waals surface area contributed by atoms with Gasteiger partial charge in [0.25, 0.3) is 10.0 Å². The van der Waals surface area contributed by atoms with Crippen LogP contribution in [0, 0.1) is 13.8 Å². The van der Waals surface area contributed by atoms with Gasteiger partial charge in [-0.05, 0) is 68.7 Å². The van der Waals surface area contributed by atoms with Gasteiger partial charge < -0.3 is 15.0 Å². The van der Waals surface area contributed by atoms with Gasteiger partial charge in [-0.3, -0.25) is 13.9 Å². The van der Waals surface area contributed by atoms with Gasteiger partial charge in [0.2, 0.25) is 11.8 Å². The average Bonchev–Trinajstić information content (AvgIpc) is 2.95. The average molecular weight is 566 g/mol. The number of aryl methyl sites for hydroxylation is 2. The molecule has 8 nitrogen and oxygen atoms in total. The molecule has 0 bridgehead atoms. The molecule has 3 aromatic rings. The molecule has 0 aliphatic carbocycles. The number of carbonyl (C=O) groups is 2. The minimum absolute atomic E-state index is 0.0274. The molecular formula is C31H39N3O5S. The van der Waals surface area contributed by atoms with Crippen molar-refractivity contribution in [3.05, 3.63) is 89.5 Å². The molecule has 0 aromatic heterocycles. The summed E-state index contributed by atoms with van der Waals surface area (Å²) in [4.78, 5) is 28.7. The van der Waals surface area contributed by atoms with Gasteiger partial charge in [-0.1, -0.05) is 61.4 Å². The van der Waals surface area contributed by atoms with Crippen molar-refractivity contribution in [1.82, 2.24) is 10.2 Å². The quantitative estimate of drug-likeness (QED) is 0.320. The second-order valence-corrected chi connectivity index (χ2v) is 11.6. The number of hydrogen-bond donors (Lipinski definition) is 1. The van der Waals surface area contributed by atoms with Crippen molar-refractivity contribution < 1.29 is 22.7 Å². The Hall–Kier alpha value is -3.85. The summed E-state index contributed by atoms with van der Waals surface area (Å²) in [6.45, 7) is 7.86. The van der Waals surface area contributed by atoms with Gasteiger partial charge in [-0.15, -0.1) is 0 Å². The molecular weight excluding hydrogens is 526 g/mol. The Bertz CT molecular complexity index is 1390. The highest BCUT2D eigenvalue weighted by Gasteiger charge is 2.33. The van der Waals surface area contributed by atoms with Crippen molar-refractivity contribution >= 4 is 27.5 Å². The Kier molecular flexibility index (Phi) is 10.7. The van der Waals surface area contributed by atoms with Gasteiger partial charge in [0.15, 0.2) is 0 Å². The molecule has 0 unspecified atom stereocenters. The molecule has 3 rings (SSSR count). The zero-order valence-corrected chi connectivity index (χ0v) is 24.7. The van der Waals surface area contributed by atoms with E-state index in [2.05, 4.69) is 5.32 Å². The van der Waals surface area contributed by atoms with Crippen LogP contribution in [-0.4, -0.2) is 51.4 Å². The molecule has 0 saturated heterocycles. The third-order valence-corrected chi connectivity index (χ3v) is 8.41. The summed E-state index contributed by atoms with van der Waals surface area (Å²) in [5, 5.41) is 2.90. The molecule has 0 spiro atoms. The van der Waals surface area contributed by atoms with Crippen LogP contribution >= 0.6 is 0 Å². The summed E-state index contributed by atoms with van der Waals surface area (Å²) >= 11 is 0. The number of nitrogens with one attached hydrogen (secondary N) is 1. The maximum atomic E-state index is 14.1. The molecule has 9 heteroatoms. The molecule has 1 atom stereocenters. The molecule has 0 fully saturated rings. The molecule has 0 saturated carbocycles. The van der Waals surface area contributed by atoms with Crippen LogP contribution in [0.4, 0.5) is 5.69 Å². The number of hydrogen-bond acceptors (Lipinski definition) is 5. The van der Waals surface area contributed by atoms with Crippen molar-refractivity contribution in [3.8, 4) is 5.75 Å². The van der Waals surface area contributed by atoms with Crippen LogP contribution in [0.1, 0.15) is 43.4 Å². The minimum atomic E-state index is -4.14. The van der Waals surface area contributed by atoms with Gasteiger partial charge in [-0.2, -0.15) is 0 Å². The Labute approximate surface area is 238 Å². The van der Waals surface area contributed by atoms with Gasteiger partial charge >= 0.3 is 0 Å². The Morgan fingerprint density at radius 3 is 2.17 bits per heavy atom. The lowest BCUT2D eigenvalue weighted by atomic mass is 10.1. The lowest BCUT2D eigenvalue weighted by molar-refractivity contribution is -0.140. The predicted molar refractivity (Wildman–Crippen MR) is 158 cm³/mol. The number of ether oxygens (including phenoxy) is 1. The molecule has 0 radical (unpaired) electrons. The van der Waals surface area contributed by atoms with E-state index in [1.165, 1.54) is 24.1 Å². The van der Waals surface area contributed by atoms with E-state index in [-0.39, 0.29) is 17.3 Å². The van der Waals surface area contributed by atoms with Gasteiger partial charge in [-0.25, -0.2) is 8.42 Å². The number of anilines is 1. The molecule has 40 heavy (non-hydrogen) atoms. The van der Waals surface area contributed by atoms with E-state index in [1.807, 2.05) is 52.0 Å². The van der Waals surface area contributed by atoms with E-state index >= 15 is 0 Å². The van der Waals surface area contributed by atoms with Crippen LogP contribution in [0.5, 0.6) is 5.75 Å². The smallest absolute Gasteiger partial charge is 0.264 e. The number of rotatable bonds is 13. The van der Waals surface area contributed by atoms with Crippen LogP contribution in [-0.2, 0) is 26.2 Å². The summed E-state index contributed by atoms with van der Waals surface area (Å²) in [6, 6.07) is 20.0. The van der Waals surface area contributed by atoms with Crippen LogP contribution in [0.15, 0.2) is 77.7 Å². The molecule has 1 N–H and O–H groups in total. The third kappa shape index (κ3) is 7.63. The number of sulfonamides is 1. The highest BCUT2D eigenvalue weighted by Crippen LogP contribution is 2.26. The van der Waals surface area contributed by atoms with Crippen molar-refractivity contribution in [3.63, 3.8) is 0 Å². The standard InChI is InChI=1S/C31H39N3O5S/c1-6-19-32-31(36)29(7-2)33(21-25-10-8-9-24(4)20-25)30(35)22-34(26-13-11-23(3)12-14-26)40(37,38)28-17-15-27(39-5)16-18-28/h8-18,20,29H,6-7,19,21-22H2,1-5H3,(H,32,36)/t29-/m0/s1. The van der Waals surface area contributed by atoms with E-state index in [4.69, 9.17) is 4.74 Å². The van der Waals surface area contributed by atoms with Crippen LogP contribution in [0.25, 0.3) is 0 Å². The predicted octanol–water partition coefficient (Wildman–Crippen LogP) is 4.84. The van der Waals surface area contributed by atoms with Crippen molar-refractivity contribution in [2.45, 2.75) is 58.0 Å². The normalized spacial score (nSPS) is 11.9. The van der Waals surface area contributed by atoms with Gasteiger partial charge in [0.05, 0.1) is 17.7 Å². The molecule has 3 aromatic carbocycles. The highest BCUT2D eigenvalue weighted by atomic mass is 32.2. The SMILES string of the molecule is CCCNC(=O)[C@H](CC)N(Cc1cccc(C)c1)C(=O)CN(c1ccc(C)cc1)S(=O)(=O)c1ccc(OC)cc1. The topological polar surface area (TPSA) is 96.0 Å². The number of amides is 2. The summed E-state index contributed by atoms with van der Waals surface area (Å²) in [5.74, 6) is -0.215. The molecule has 2 amide bonds. The third-order valence-electron chi connectivity index (χ3n) is 6.62. The summed E-state index contributed by atoms with van der Waals surface area (Å²) in [6.07, 6.45) is 1.14. The maximum absolute atomic E-state index is 14.1. The first-order valence-corrected chi connectivity index (χ1v) is 14.9. The van der Waals surface area contributed by atoms with E-state index < -0.39 is 28.5 Å². The van der Waals surface area contributed by atoms with Crippen LogP contribution < -0.4 is 14.4 Å². The fourth-order valence-corrected chi connectivity index (χ4v) is 5.82. The number of methoxy groups -OCH3 is 1. The van der Waals surface area contributed by atoms with Crippen molar-refractivity contribution in [1.29, 1.82) is 0 Å². The summed E-state index contributed by atoms with van der Waals surface area (Å²) < 4.78 is 34.1. The monoisotopic (exact) mass is 565 g/mol. The molecule has 0 aliphatic rings. The van der Waals surface area contributed by atoms with E-state index in [0.29, 0.717) is 24.4 Å². The molecule has 0 aliphatic heterocycles. The second kappa shape index (κ2) is 14.0. The lowest BCUT2D eigenvalue weighted by Crippen LogP contribution is -2.52. The van der Waals surface area contributed by atoms with Crippen LogP contribution in [0.3, 0.4) is 0 Å². The summed E-state index contributed by atoms with van der Waals surface area (Å²) in [7, 11) is -2.63. The minimum Gasteiger partial charge on any atom is -0.497 e. The van der Waals surface area contributed by atoms with E-state index in [1.54, 1.807) is 36.4 Å². The Morgan fingerprint density at radius 1 is 0.925 bits per heavy atom. The largest absolute Gasteiger partial charge is 0.497 e. The van der Waals surface area contributed by atoms with Gasteiger partial charge in [0.1, 0.15) is 18.3 Å². The van der Waals surface area contributed by atoms with E-state index in [9.17, 15) is 18.0 Å². The zero-order valence-electron chi connectivity index (χ0n) is 23.9. The van der Waals surface area contributed by atoms with Gasteiger partial charge in [0, 0.05) is 13.1 Å². The first-order valence-electron chi connectivity index (χ1n) is 13.5. The zero-order chi connectivity index (χ0) is 29.3. The Balaban J connectivity index is 2.04. The fourth-order valence-electron chi connectivity index (χ4n) is 4.41. The number of carbonyl (C=O) groups excluding carboxylic acids is 2. The van der Waals surface area contributed by atoms with Crippen molar-refractivity contribution in [2.75, 3.05) is 24.5 Å². The highest BCUT2D eigenvalue weighted by molar-refractivity contribution is 7.92. The lowest BCUT2D eigenvalue weighted by Gasteiger charge is -2.33.